The molecule has 0 aliphatic carbocycles. The second-order valence-corrected chi connectivity index (χ2v) is 6.85. The van der Waals surface area contributed by atoms with E-state index in [9.17, 15) is 0 Å². The van der Waals surface area contributed by atoms with Gasteiger partial charge in [0.05, 0.1) is 0 Å². The lowest BCUT2D eigenvalue weighted by Crippen LogP contribution is -2.28. The van der Waals surface area contributed by atoms with Crippen LogP contribution in [-0.4, -0.2) is 35.7 Å². The first-order valence-electron chi connectivity index (χ1n) is 6.37. The fourth-order valence-electron chi connectivity index (χ4n) is 1.85. The lowest BCUT2D eigenvalue weighted by molar-refractivity contribution is 0.368. The Labute approximate surface area is 123 Å². The van der Waals surface area contributed by atoms with Crippen LogP contribution >= 0.6 is 23.5 Å². The van der Waals surface area contributed by atoms with Gasteiger partial charge in [-0.1, -0.05) is 12.1 Å². The number of nitriles is 1. The summed E-state index contributed by atoms with van der Waals surface area (Å²) in [6.45, 7) is 2.07. The maximum absolute atomic E-state index is 8.43. The Kier molecular flexibility index (Phi) is 6.42. The third-order valence-electron chi connectivity index (χ3n) is 2.81. The summed E-state index contributed by atoms with van der Waals surface area (Å²) < 4.78 is 5.22. The molecule has 0 bridgehead atoms. The lowest BCUT2D eigenvalue weighted by atomic mass is 10.2. The van der Waals surface area contributed by atoms with Crippen LogP contribution in [0.25, 0.3) is 0 Å². The topological polar surface area (TPSA) is 45.0 Å². The molecule has 1 aliphatic heterocycles. The molecule has 3 nitrogen and oxygen atoms in total. The predicted octanol–water partition coefficient (Wildman–Crippen LogP) is 2.53. The van der Waals surface area contributed by atoms with Crippen molar-refractivity contribution in [3.8, 4) is 11.8 Å². The molecule has 1 aromatic rings. The average Bonchev–Trinajstić information content (AvgIpc) is 2.47. The van der Waals surface area contributed by atoms with E-state index >= 15 is 0 Å². The van der Waals surface area contributed by atoms with Crippen LogP contribution in [0.1, 0.15) is 5.56 Å². The van der Waals surface area contributed by atoms with Crippen LogP contribution < -0.4 is 10.1 Å². The average molecular weight is 294 g/mol. The van der Waals surface area contributed by atoms with Crippen LogP contribution in [0.3, 0.4) is 0 Å². The summed E-state index contributed by atoms with van der Waals surface area (Å²) in [6, 6.07) is 9.88. The van der Waals surface area contributed by atoms with E-state index in [1.54, 1.807) is 0 Å². The van der Waals surface area contributed by atoms with Crippen molar-refractivity contribution in [2.45, 2.75) is 11.8 Å². The van der Waals surface area contributed by atoms with Gasteiger partial charge in [-0.3, -0.25) is 0 Å². The van der Waals surface area contributed by atoms with Crippen LogP contribution in [0.15, 0.2) is 24.3 Å². The molecule has 0 spiro atoms. The number of ether oxygens (including phenoxy) is 1. The van der Waals surface area contributed by atoms with Crippen molar-refractivity contribution in [1.82, 2.24) is 5.32 Å². The van der Waals surface area contributed by atoms with Crippen LogP contribution in [0, 0.1) is 11.3 Å². The third-order valence-corrected chi connectivity index (χ3v) is 5.66. The van der Waals surface area contributed by atoms with Crippen molar-refractivity contribution in [2.24, 2.45) is 0 Å². The van der Waals surface area contributed by atoms with E-state index in [1.165, 1.54) is 22.8 Å². The molecule has 0 amide bonds. The molecule has 102 valence electrons. The zero-order chi connectivity index (χ0) is 13.3. The van der Waals surface area contributed by atoms with Crippen LogP contribution in [-0.2, 0) is 6.54 Å². The Bertz CT molecular complexity index is 410. The zero-order valence-corrected chi connectivity index (χ0v) is 12.4. The van der Waals surface area contributed by atoms with Gasteiger partial charge in [-0.2, -0.15) is 28.8 Å². The highest BCUT2D eigenvalue weighted by Gasteiger charge is 2.13. The minimum Gasteiger partial charge on any atom is -0.479 e. The second kappa shape index (κ2) is 8.36. The summed E-state index contributed by atoms with van der Waals surface area (Å²) >= 11 is 4.13. The fourth-order valence-corrected chi connectivity index (χ4v) is 4.50. The molecule has 1 atom stereocenters. The van der Waals surface area contributed by atoms with E-state index in [-0.39, 0.29) is 6.61 Å². The fraction of sp³-hybridized carbons (Fsp3) is 0.500. The number of nitrogens with one attached hydrogen (secondary N) is 1. The molecular weight excluding hydrogens is 276 g/mol. The quantitative estimate of drug-likeness (QED) is 0.873. The molecule has 1 aliphatic rings. The first-order chi connectivity index (χ1) is 9.38. The first-order valence-corrected chi connectivity index (χ1v) is 8.57. The van der Waals surface area contributed by atoms with Gasteiger partial charge in [-0.25, -0.2) is 0 Å². The van der Waals surface area contributed by atoms with E-state index in [2.05, 4.69) is 28.8 Å². The number of benzene rings is 1. The van der Waals surface area contributed by atoms with Crippen LogP contribution in [0.2, 0.25) is 0 Å². The molecule has 0 radical (unpaired) electrons. The van der Waals surface area contributed by atoms with Crippen LogP contribution in [0.5, 0.6) is 5.75 Å². The predicted molar refractivity (Wildman–Crippen MR) is 82.8 cm³/mol. The summed E-state index contributed by atoms with van der Waals surface area (Å²) in [5.41, 5.74) is 1.25. The van der Waals surface area contributed by atoms with Gasteiger partial charge in [0.2, 0.25) is 0 Å². The van der Waals surface area contributed by atoms with Crippen molar-refractivity contribution in [1.29, 1.82) is 5.26 Å². The number of rotatable bonds is 6. The van der Waals surface area contributed by atoms with Crippen molar-refractivity contribution < 1.29 is 4.74 Å². The largest absolute Gasteiger partial charge is 0.479 e. The normalized spacial score (nSPS) is 18.8. The Morgan fingerprint density at radius 2 is 2.16 bits per heavy atom. The molecule has 1 unspecified atom stereocenters. The summed E-state index contributed by atoms with van der Waals surface area (Å²) in [7, 11) is 0. The van der Waals surface area contributed by atoms with Crippen molar-refractivity contribution in [2.75, 3.05) is 30.4 Å². The molecular formula is C14H18N2OS2. The third kappa shape index (κ3) is 5.35. The number of nitrogens with zero attached hydrogens (tertiary/aromatic N) is 1. The van der Waals surface area contributed by atoms with E-state index < -0.39 is 0 Å². The van der Waals surface area contributed by atoms with Gasteiger partial charge in [-0.05, 0) is 17.7 Å². The van der Waals surface area contributed by atoms with E-state index in [0.717, 1.165) is 24.1 Å². The van der Waals surface area contributed by atoms with E-state index in [0.29, 0.717) is 0 Å². The Balaban J connectivity index is 1.69. The Hall–Kier alpha value is -0.830. The maximum atomic E-state index is 8.43. The summed E-state index contributed by atoms with van der Waals surface area (Å²) in [6.07, 6.45) is 0. The Morgan fingerprint density at radius 1 is 1.32 bits per heavy atom. The molecule has 1 N–H and O–H groups in total. The molecule has 19 heavy (non-hydrogen) atoms. The summed E-state index contributed by atoms with van der Waals surface area (Å²) in [5, 5.41) is 12.7. The highest BCUT2D eigenvalue weighted by molar-refractivity contribution is 8.06. The van der Waals surface area contributed by atoms with E-state index in [4.69, 9.17) is 10.00 Å². The minimum absolute atomic E-state index is 0.105. The SMILES string of the molecule is N#CCOc1ccc(CNCC2CSCCS2)cc1. The number of hydrogen-bond acceptors (Lipinski definition) is 5. The van der Waals surface area contributed by atoms with Crippen molar-refractivity contribution in [3.63, 3.8) is 0 Å². The van der Waals surface area contributed by atoms with Crippen molar-refractivity contribution in [3.05, 3.63) is 29.8 Å². The number of thioether (sulfide) groups is 2. The van der Waals surface area contributed by atoms with Gasteiger partial charge in [0, 0.05) is 35.6 Å². The van der Waals surface area contributed by atoms with Gasteiger partial charge in [-0.15, -0.1) is 0 Å². The van der Waals surface area contributed by atoms with Gasteiger partial charge in [0.15, 0.2) is 6.61 Å². The van der Waals surface area contributed by atoms with Gasteiger partial charge < -0.3 is 10.1 Å². The second-order valence-electron chi connectivity index (χ2n) is 4.29. The molecule has 5 heteroatoms. The van der Waals surface area contributed by atoms with Gasteiger partial charge in [0.25, 0.3) is 0 Å². The molecule has 0 saturated carbocycles. The smallest absolute Gasteiger partial charge is 0.174 e. The first kappa shape index (κ1) is 14.6. The van der Waals surface area contributed by atoms with E-state index in [1.807, 2.05) is 30.3 Å². The maximum Gasteiger partial charge on any atom is 0.174 e. The molecule has 1 aromatic carbocycles. The Morgan fingerprint density at radius 3 is 2.84 bits per heavy atom. The lowest BCUT2D eigenvalue weighted by Gasteiger charge is -2.21. The molecule has 2 rings (SSSR count). The van der Waals surface area contributed by atoms with Crippen LogP contribution in [0.4, 0.5) is 0 Å². The van der Waals surface area contributed by atoms with Crippen molar-refractivity contribution >= 4 is 23.5 Å². The molecule has 0 aromatic heterocycles. The molecule has 1 fully saturated rings. The van der Waals surface area contributed by atoms with Gasteiger partial charge >= 0.3 is 0 Å². The highest BCUT2D eigenvalue weighted by atomic mass is 32.2. The number of hydrogen-bond donors (Lipinski definition) is 1. The standard InChI is InChI=1S/C14H18N2OS2/c15-5-6-17-13-3-1-12(2-4-13)9-16-10-14-11-18-7-8-19-14/h1-4,14,16H,6-11H2. The highest BCUT2D eigenvalue weighted by Crippen LogP contribution is 2.23. The zero-order valence-electron chi connectivity index (χ0n) is 10.8. The minimum atomic E-state index is 0.105. The molecule has 1 saturated heterocycles. The summed E-state index contributed by atoms with van der Waals surface area (Å²) in [5.74, 6) is 4.59. The monoisotopic (exact) mass is 294 g/mol. The summed E-state index contributed by atoms with van der Waals surface area (Å²) in [4.78, 5) is 0. The molecule has 1 heterocycles. The van der Waals surface area contributed by atoms with Gasteiger partial charge in [0.1, 0.15) is 11.8 Å².